The van der Waals surface area contributed by atoms with Gasteiger partial charge in [0.05, 0.1) is 12.3 Å². The van der Waals surface area contributed by atoms with E-state index in [2.05, 4.69) is 15.8 Å². The molecule has 160 valence electrons. The van der Waals surface area contributed by atoms with E-state index in [-0.39, 0.29) is 6.10 Å². The fraction of sp³-hybridized carbons (Fsp3) is 0.348. The fourth-order valence-electron chi connectivity index (χ4n) is 2.39. The summed E-state index contributed by atoms with van der Waals surface area (Å²) in [5, 5.41) is 6.33. The molecule has 0 spiro atoms. The number of hydrogen-bond donors (Lipinski definition) is 2. The number of carbonyl (C=O) groups is 2. The Kier molecular flexibility index (Phi) is 9.54. The van der Waals surface area contributed by atoms with Gasteiger partial charge >= 0.3 is 11.8 Å². The number of carbonyl (C=O) groups excluding carboxylic acids is 2. The van der Waals surface area contributed by atoms with Crippen molar-refractivity contribution in [1.29, 1.82) is 0 Å². The smallest absolute Gasteiger partial charge is 0.329 e. The Morgan fingerprint density at radius 2 is 1.73 bits per heavy atom. The molecule has 0 aromatic heterocycles. The van der Waals surface area contributed by atoms with E-state index >= 15 is 0 Å². The molecule has 2 N–H and O–H groups in total. The molecule has 7 heteroatoms. The molecule has 2 aromatic carbocycles. The van der Waals surface area contributed by atoms with Gasteiger partial charge in [0.1, 0.15) is 12.4 Å². The average Bonchev–Trinajstić information content (AvgIpc) is 2.73. The molecule has 2 rings (SSSR count). The van der Waals surface area contributed by atoms with Crippen LogP contribution in [0, 0.1) is 6.92 Å². The lowest BCUT2D eigenvalue weighted by Gasteiger charge is -2.07. The first-order chi connectivity index (χ1) is 14.4. The summed E-state index contributed by atoms with van der Waals surface area (Å²) in [6, 6.07) is 15.4. The van der Waals surface area contributed by atoms with Gasteiger partial charge in [0.15, 0.2) is 0 Å². The third kappa shape index (κ3) is 8.87. The van der Waals surface area contributed by atoms with Crippen LogP contribution in [-0.4, -0.2) is 37.3 Å². The normalized spacial score (nSPS) is 10.9. The van der Waals surface area contributed by atoms with Crippen LogP contribution in [0.5, 0.6) is 5.75 Å². The first-order valence-corrected chi connectivity index (χ1v) is 9.95. The molecule has 7 nitrogen and oxygen atoms in total. The van der Waals surface area contributed by atoms with E-state index in [9.17, 15) is 9.59 Å². The first kappa shape index (κ1) is 23.1. The maximum atomic E-state index is 11.7. The van der Waals surface area contributed by atoms with Crippen molar-refractivity contribution >= 4 is 18.0 Å². The van der Waals surface area contributed by atoms with Gasteiger partial charge in [-0.25, -0.2) is 5.43 Å². The monoisotopic (exact) mass is 411 g/mol. The summed E-state index contributed by atoms with van der Waals surface area (Å²) in [4.78, 5) is 23.4. The number of amides is 2. The SMILES string of the molecule is Cc1ccc(COc2ccc(/C=N\NC(=O)C(=O)NCCCOC(C)C)cc2)cc1. The van der Waals surface area contributed by atoms with E-state index in [4.69, 9.17) is 9.47 Å². The van der Waals surface area contributed by atoms with E-state index in [0.717, 1.165) is 16.9 Å². The Hall–Kier alpha value is -3.19. The number of hydrazone groups is 1. The van der Waals surface area contributed by atoms with E-state index in [1.807, 2.05) is 69.3 Å². The number of aryl methyl sites for hydroxylation is 1. The number of hydrogen-bond acceptors (Lipinski definition) is 5. The van der Waals surface area contributed by atoms with Crippen LogP contribution in [-0.2, 0) is 20.9 Å². The van der Waals surface area contributed by atoms with Crippen LogP contribution in [0.15, 0.2) is 53.6 Å². The van der Waals surface area contributed by atoms with E-state index in [0.29, 0.717) is 26.2 Å². The fourth-order valence-corrected chi connectivity index (χ4v) is 2.39. The lowest BCUT2D eigenvalue weighted by atomic mass is 10.2. The van der Waals surface area contributed by atoms with E-state index < -0.39 is 11.8 Å². The summed E-state index contributed by atoms with van der Waals surface area (Å²) >= 11 is 0. The van der Waals surface area contributed by atoms with Crippen LogP contribution in [0.1, 0.15) is 37.0 Å². The third-order valence-corrected chi connectivity index (χ3v) is 4.05. The topological polar surface area (TPSA) is 89.0 Å². The summed E-state index contributed by atoms with van der Waals surface area (Å²) in [6.45, 7) is 7.31. The second-order valence-electron chi connectivity index (χ2n) is 7.07. The molecule has 0 unspecified atom stereocenters. The highest BCUT2D eigenvalue weighted by atomic mass is 16.5. The zero-order valence-electron chi connectivity index (χ0n) is 17.7. The van der Waals surface area contributed by atoms with Gasteiger partial charge in [-0.2, -0.15) is 5.10 Å². The summed E-state index contributed by atoms with van der Waals surface area (Å²) in [5.41, 5.74) is 5.29. The first-order valence-electron chi connectivity index (χ1n) is 9.95. The molecular formula is C23H29N3O4. The highest BCUT2D eigenvalue weighted by molar-refractivity contribution is 6.35. The molecular weight excluding hydrogens is 382 g/mol. The van der Waals surface area contributed by atoms with Crippen molar-refractivity contribution in [1.82, 2.24) is 10.7 Å². The second-order valence-corrected chi connectivity index (χ2v) is 7.07. The minimum absolute atomic E-state index is 0.146. The molecule has 0 aliphatic carbocycles. The van der Waals surface area contributed by atoms with Crippen molar-refractivity contribution in [2.75, 3.05) is 13.2 Å². The summed E-state index contributed by atoms with van der Waals surface area (Å²) < 4.78 is 11.1. The molecule has 0 radical (unpaired) electrons. The van der Waals surface area contributed by atoms with Gasteiger partial charge in [0.2, 0.25) is 0 Å². The molecule has 0 saturated carbocycles. The van der Waals surface area contributed by atoms with E-state index in [1.165, 1.54) is 11.8 Å². The zero-order chi connectivity index (χ0) is 21.8. The summed E-state index contributed by atoms with van der Waals surface area (Å²) in [6.07, 6.45) is 2.25. The van der Waals surface area contributed by atoms with Crippen LogP contribution < -0.4 is 15.5 Å². The number of rotatable bonds is 10. The number of benzene rings is 2. The lowest BCUT2D eigenvalue weighted by Crippen LogP contribution is -2.38. The molecule has 0 fully saturated rings. The van der Waals surface area contributed by atoms with Crippen LogP contribution in [0.3, 0.4) is 0 Å². The predicted octanol–water partition coefficient (Wildman–Crippen LogP) is 2.96. The molecule has 0 aliphatic rings. The van der Waals surface area contributed by atoms with Gasteiger partial charge in [-0.05, 0) is 62.6 Å². The summed E-state index contributed by atoms with van der Waals surface area (Å²) in [5.74, 6) is -0.803. The molecule has 2 amide bonds. The Balaban J connectivity index is 1.69. The van der Waals surface area contributed by atoms with Crippen molar-refractivity contribution in [3.8, 4) is 5.75 Å². The molecule has 0 saturated heterocycles. The van der Waals surface area contributed by atoms with Gasteiger partial charge in [0, 0.05) is 13.2 Å². The average molecular weight is 412 g/mol. The van der Waals surface area contributed by atoms with Crippen molar-refractivity contribution in [2.45, 2.75) is 39.9 Å². The van der Waals surface area contributed by atoms with Gasteiger partial charge in [-0.3, -0.25) is 9.59 Å². The number of ether oxygens (including phenoxy) is 2. The summed E-state index contributed by atoms with van der Waals surface area (Å²) in [7, 11) is 0. The molecule has 0 heterocycles. The third-order valence-electron chi connectivity index (χ3n) is 4.05. The maximum Gasteiger partial charge on any atom is 0.329 e. The standard InChI is InChI=1S/C23H29N3O4/c1-17(2)29-14-4-13-24-22(27)23(28)26-25-15-19-9-11-21(12-10-19)30-16-20-7-5-18(3)6-8-20/h5-12,15,17H,4,13-14,16H2,1-3H3,(H,24,27)(H,26,28)/b25-15-. The number of nitrogens with one attached hydrogen (secondary N) is 2. The van der Waals surface area contributed by atoms with E-state index in [1.54, 1.807) is 0 Å². The minimum Gasteiger partial charge on any atom is -0.489 e. The van der Waals surface area contributed by atoms with Crippen molar-refractivity contribution in [3.05, 3.63) is 65.2 Å². The lowest BCUT2D eigenvalue weighted by molar-refractivity contribution is -0.139. The van der Waals surface area contributed by atoms with Crippen LogP contribution in [0.25, 0.3) is 0 Å². The van der Waals surface area contributed by atoms with Gasteiger partial charge in [-0.15, -0.1) is 0 Å². The molecule has 0 bridgehead atoms. The Labute approximate surface area is 177 Å². The van der Waals surface area contributed by atoms with Crippen LogP contribution in [0.2, 0.25) is 0 Å². The largest absolute Gasteiger partial charge is 0.489 e. The Bertz CT molecular complexity index is 831. The number of nitrogens with zero attached hydrogens (tertiary/aromatic N) is 1. The molecule has 0 aliphatic heterocycles. The van der Waals surface area contributed by atoms with Crippen molar-refractivity contribution in [2.24, 2.45) is 5.10 Å². The predicted molar refractivity (Wildman–Crippen MR) is 116 cm³/mol. The van der Waals surface area contributed by atoms with Crippen molar-refractivity contribution < 1.29 is 19.1 Å². The highest BCUT2D eigenvalue weighted by Crippen LogP contribution is 2.14. The van der Waals surface area contributed by atoms with Gasteiger partial charge in [-0.1, -0.05) is 29.8 Å². The minimum atomic E-state index is -0.811. The van der Waals surface area contributed by atoms with Gasteiger partial charge in [0.25, 0.3) is 0 Å². The second kappa shape index (κ2) is 12.4. The molecule has 2 aromatic rings. The maximum absolute atomic E-state index is 11.7. The highest BCUT2D eigenvalue weighted by Gasteiger charge is 2.11. The zero-order valence-corrected chi connectivity index (χ0v) is 17.7. The quantitative estimate of drug-likeness (QED) is 0.272. The van der Waals surface area contributed by atoms with Gasteiger partial charge < -0.3 is 14.8 Å². The Morgan fingerprint density at radius 1 is 1.03 bits per heavy atom. The molecule has 30 heavy (non-hydrogen) atoms. The Morgan fingerprint density at radius 3 is 2.40 bits per heavy atom. The molecule has 0 atom stereocenters. The van der Waals surface area contributed by atoms with Crippen LogP contribution >= 0.6 is 0 Å². The van der Waals surface area contributed by atoms with Crippen molar-refractivity contribution in [3.63, 3.8) is 0 Å². The van der Waals surface area contributed by atoms with Crippen LogP contribution in [0.4, 0.5) is 0 Å².